The highest BCUT2D eigenvalue weighted by atomic mass is 16.6. The van der Waals surface area contributed by atoms with Crippen LogP contribution in [0.4, 0.5) is 11.4 Å². The lowest BCUT2D eigenvalue weighted by molar-refractivity contribution is -0.383. The molecule has 0 saturated heterocycles. The van der Waals surface area contributed by atoms with Crippen molar-refractivity contribution in [2.24, 2.45) is 5.73 Å². The van der Waals surface area contributed by atoms with Crippen molar-refractivity contribution in [1.29, 1.82) is 0 Å². The molecule has 6 nitrogen and oxygen atoms in total. The van der Waals surface area contributed by atoms with E-state index in [4.69, 9.17) is 5.73 Å². The monoisotopic (exact) mass is 249 g/mol. The summed E-state index contributed by atoms with van der Waals surface area (Å²) < 4.78 is 0. The van der Waals surface area contributed by atoms with Gasteiger partial charge in [0.15, 0.2) is 0 Å². The molecule has 0 spiro atoms. The molecule has 1 aromatic rings. The SMILES string of the molecule is CC(=O)Nc1ccc(C=CCCN)cc1[N+](=O)[O-]. The van der Waals surface area contributed by atoms with Crippen molar-refractivity contribution in [1.82, 2.24) is 0 Å². The maximum Gasteiger partial charge on any atom is 0.293 e. The third-order valence-corrected chi connectivity index (χ3v) is 2.17. The molecule has 3 N–H and O–H groups in total. The summed E-state index contributed by atoms with van der Waals surface area (Å²) in [5, 5.41) is 13.3. The van der Waals surface area contributed by atoms with Crippen LogP contribution in [0.3, 0.4) is 0 Å². The molecule has 0 aromatic heterocycles. The minimum absolute atomic E-state index is 0.125. The number of nitro groups is 1. The first kappa shape index (κ1) is 13.9. The topological polar surface area (TPSA) is 98.3 Å². The molecule has 0 saturated carbocycles. The molecule has 1 rings (SSSR count). The maximum absolute atomic E-state index is 10.9. The Morgan fingerprint density at radius 3 is 2.83 bits per heavy atom. The van der Waals surface area contributed by atoms with Gasteiger partial charge >= 0.3 is 0 Å². The van der Waals surface area contributed by atoms with Gasteiger partial charge in [0, 0.05) is 13.0 Å². The normalized spacial score (nSPS) is 10.6. The van der Waals surface area contributed by atoms with Crippen LogP contribution in [0.25, 0.3) is 6.08 Å². The fraction of sp³-hybridized carbons (Fsp3) is 0.250. The van der Waals surface area contributed by atoms with Crippen LogP contribution in [0.15, 0.2) is 24.3 Å². The minimum Gasteiger partial charge on any atom is -0.330 e. The molecule has 18 heavy (non-hydrogen) atoms. The fourth-order valence-corrected chi connectivity index (χ4v) is 1.41. The smallest absolute Gasteiger partial charge is 0.293 e. The zero-order valence-electron chi connectivity index (χ0n) is 10.1. The lowest BCUT2D eigenvalue weighted by Gasteiger charge is -2.04. The van der Waals surface area contributed by atoms with Gasteiger partial charge in [-0.05, 0) is 24.6 Å². The van der Waals surface area contributed by atoms with Crippen LogP contribution in [-0.2, 0) is 4.79 Å². The number of benzene rings is 1. The number of anilines is 1. The van der Waals surface area contributed by atoms with Crippen molar-refractivity contribution in [2.45, 2.75) is 13.3 Å². The molecule has 6 heteroatoms. The quantitative estimate of drug-likeness (QED) is 0.615. The molecule has 0 radical (unpaired) electrons. The Labute approximate surface area is 105 Å². The zero-order chi connectivity index (χ0) is 13.5. The Hall–Kier alpha value is -2.21. The predicted molar refractivity (Wildman–Crippen MR) is 70.1 cm³/mol. The predicted octanol–water partition coefficient (Wildman–Crippen LogP) is 1.92. The van der Waals surface area contributed by atoms with Crippen molar-refractivity contribution in [3.63, 3.8) is 0 Å². The highest BCUT2D eigenvalue weighted by Gasteiger charge is 2.14. The molecule has 0 aliphatic heterocycles. The summed E-state index contributed by atoms with van der Waals surface area (Å²) in [6, 6.07) is 4.63. The van der Waals surface area contributed by atoms with Crippen molar-refractivity contribution in [2.75, 3.05) is 11.9 Å². The standard InChI is InChI=1S/C12H15N3O3/c1-9(16)14-11-6-5-10(4-2-3-7-13)8-12(11)15(17)18/h2,4-6,8H,3,7,13H2,1H3,(H,14,16). The summed E-state index contributed by atoms with van der Waals surface area (Å²) in [5.41, 5.74) is 6.11. The minimum atomic E-state index is -0.522. The van der Waals surface area contributed by atoms with E-state index in [2.05, 4.69) is 5.32 Å². The van der Waals surface area contributed by atoms with Crippen LogP contribution < -0.4 is 11.1 Å². The number of amides is 1. The summed E-state index contributed by atoms with van der Waals surface area (Å²) in [5.74, 6) is -0.343. The number of rotatable bonds is 5. The molecule has 0 bridgehead atoms. The average molecular weight is 249 g/mol. The largest absolute Gasteiger partial charge is 0.330 e. The van der Waals surface area contributed by atoms with Gasteiger partial charge in [-0.2, -0.15) is 0 Å². The highest BCUT2D eigenvalue weighted by molar-refractivity contribution is 5.91. The molecular formula is C12H15N3O3. The van der Waals surface area contributed by atoms with Crippen molar-refractivity contribution >= 4 is 23.4 Å². The van der Waals surface area contributed by atoms with E-state index in [9.17, 15) is 14.9 Å². The fourth-order valence-electron chi connectivity index (χ4n) is 1.41. The molecule has 0 aliphatic carbocycles. The van der Waals surface area contributed by atoms with Gasteiger partial charge in [-0.25, -0.2) is 0 Å². The summed E-state index contributed by atoms with van der Waals surface area (Å²) in [7, 11) is 0. The molecular weight excluding hydrogens is 234 g/mol. The third-order valence-electron chi connectivity index (χ3n) is 2.17. The van der Waals surface area contributed by atoms with Crippen LogP contribution in [0.5, 0.6) is 0 Å². The van der Waals surface area contributed by atoms with Gasteiger partial charge in [-0.3, -0.25) is 14.9 Å². The molecule has 0 atom stereocenters. The molecule has 0 unspecified atom stereocenters. The lowest BCUT2D eigenvalue weighted by atomic mass is 10.1. The van der Waals surface area contributed by atoms with Crippen LogP contribution >= 0.6 is 0 Å². The number of nitro benzene ring substituents is 1. The Balaban J connectivity index is 3.03. The second-order valence-electron chi connectivity index (χ2n) is 3.69. The number of carbonyl (C=O) groups is 1. The van der Waals surface area contributed by atoms with Crippen molar-refractivity contribution in [3.8, 4) is 0 Å². The van der Waals surface area contributed by atoms with Gasteiger partial charge in [0.25, 0.3) is 5.69 Å². The Kier molecular flexibility index (Phi) is 5.01. The maximum atomic E-state index is 10.9. The van der Waals surface area contributed by atoms with Crippen LogP contribution in [0, 0.1) is 10.1 Å². The van der Waals surface area contributed by atoms with Gasteiger partial charge < -0.3 is 11.1 Å². The first-order valence-electron chi connectivity index (χ1n) is 5.47. The molecule has 0 aliphatic rings. The summed E-state index contributed by atoms with van der Waals surface area (Å²) in [6.07, 6.45) is 4.32. The highest BCUT2D eigenvalue weighted by Crippen LogP contribution is 2.26. The number of nitrogens with two attached hydrogens (primary N) is 1. The second kappa shape index (κ2) is 6.51. The number of nitrogens with one attached hydrogen (secondary N) is 1. The molecule has 1 aromatic carbocycles. The third kappa shape index (κ3) is 3.99. The van der Waals surface area contributed by atoms with E-state index < -0.39 is 4.92 Å². The van der Waals surface area contributed by atoms with E-state index in [0.717, 1.165) is 0 Å². The molecule has 96 valence electrons. The van der Waals surface area contributed by atoms with Crippen molar-refractivity contribution in [3.05, 3.63) is 40.0 Å². The van der Waals surface area contributed by atoms with Gasteiger partial charge in [0.1, 0.15) is 5.69 Å². The average Bonchev–Trinajstić information content (AvgIpc) is 2.30. The summed E-state index contributed by atoms with van der Waals surface area (Å²) in [4.78, 5) is 21.3. The zero-order valence-corrected chi connectivity index (χ0v) is 10.1. The molecule has 0 heterocycles. The van der Waals surface area contributed by atoms with E-state index in [1.54, 1.807) is 12.1 Å². The lowest BCUT2D eigenvalue weighted by Crippen LogP contribution is -2.08. The molecule has 0 fully saturated rings. The summed E-state index contributed by atoms with van der Waals surface area (Å²) in [6.45, 7) is 1.83. The first-order chi connectivity index (χ1) is 8.54. The Morgan fingerprint density at radius 2 is 2.28 bits per heavy atom. The van der Waals surface area contributed by atoms with Gasteiger partial charge in [-0.15, -0.1) is 0 Å². The van der Waals surface area contributed by atoms with Gasteiger partial charge in [0.2, 0.25) is 5.91 Å². The van der Waals surface area contributed by atoms with Crippen LogP contribution in [0.1, 0.15) is 18.9 Å². The van der Waals surface area contributed by atoms with Gasteiger partial charge in [0.05, 0.1) is 4.92 Å². The number of hydrogen-bond donors (Lipinski definition) is 2. The van der Waals surface area contributed by atoms with Crippen LogP contribution in [-0.4, -0.2) is 17.4 Å². The van der Waals surface area contributed by atoms with Crippen LogP contribution in [0.2, 0.25) is 0 Å². The molecule has 1 amide bonds. The number of carbonyl (C=O) groups excluding carboxylic acids is 1. The van der Waals surface area contributed by atoms with E-state index in [1.807, 2.05) is 6.08 Å². The number of hydrogen-bond acceptors (Lipinski definition) is 4. The second-order valence-corrected chi connectivity index (χ2v) is 3.69. The van der Waals surface area contributed by atoms with E-state index in [1.165, 1.54) is 19.1 Å². The van der Waals surface area contributed by atoms with E-state index in [0.29, 0.717) is 18.5 Å². The number of nitrogens with zero attached hydrogens (tertiary/aromatic N) is 1. The first-order valence-corrected chi connectivity index (χ1v) is 5.47. The Bertz CT molecular complexity index is 483. The van der Waals surface area contributed by atoms with E-state index >= 15 is 0 Å². The van der Waals surface area contributed by atoms with Crippen molar-refractivity contribution < 1.29 is 9.72 Å². The van der Waals surface area contributed by atoms with Gasteiger partial charge in [-0.1, -0.05) is 18.2 Å². The summed E-state index contributed by atoms with van der Waals surface area (Å²) >= 11 is 0. The Morgan fingerprint density at radius 1 is 1.56 bits per heavy atom. The van der Waals surface area contributed by atoms with E-state index in [-0.39, 0.29) is 17.3 Å².